The Balaban J connectivity index is 2.02. The summed E-state index contributed by atoms with van der Waals surface area (Å²) in [6.07, 6.45) is 0.490. The molecule has 1 amide bonds. The van der Waals surface area contributed by atoms with E-state index in [0.717, 1.165) is 38.2 Å². The van der Waals surface area contributed by atoms with Crippen molar-refractivity contribution < 1.29 is 18.0 Å². The van der Waals surface area contributed by atoms with Crippen molar-refractivity contribution in [1.29, 1.82) is 0 Å². The van der Waals surface area contributed by atoms with Gasteiger partial charge in [0.2, 0.25) is 5.91 Å². The van der Waals surface area contributed by atoms with Gasteiger partial charge in [-0.2, -0.15) is 13.2 Å². The molecular weight excluding hydrogens is 341 g/mol. The van der Waals surface area contributed by atoms with Gasteiger partial charge in [0.05, 0.1) is 5.56 Å². The van der Waals surface area contributed by atoms with Gasteiger partial charge in [0.1, 0.15) is 0 Å². The Morgan fingerprint density at radius 2 is 1.77 bits per heavy atom. The summed E-state index contributed by atoms with van der Waals surface area (Å²) < 4.78 is 38.0. The topological polar surface area (TPSA) is 23.6 Å². The van der Waals surface area contributed by atoms with Crippen molar-refractivity contribution in [3.63, 3.8) is 0 Å². The van der Waals surface area contributed by atoms with Crippen LogP contribution in [0.15, 0.2) is 30.3 Å². The fraction of sp³-hybridized carbons (Fsp3) is 0.550. The molecule has 0 bridgehead atoms. The smallest absolute Gasteiger partial charge is 0.338 e. The summed E-state index contributed by atoms with van der Waals surface area (Å²) in [5.41, 5.74) is 0.618. The number of likely N-dealkylation sites (tertiary alicyclic amines) is 1. The maximum atomic E-state index is 12.7. The predicted octanol–water partition coefficient (Wildman–Crippen LogP) is 4.44. The van der Waals surface area contributed by atoms with E-state index in [2.05, 4.69) is 4.90 Å². The number of amides is 1. The standard InChI is InChI=1S/C20H27F3N2O/c1-3-10-25(14-13-24-11-4-5-12-24)19(26)15-16(2)17-6-8-18(9-7-17)20(21,22)23/h6-9,15H,3-5,10-14H2,1-2H3/b16-15+. The molecule has 0 spiro atoms. The van der Waals surface area contributed by atoms with Crippen LogP contribution in [0.1, 0.15) is 44.2 Å². The molecule has 0 atom stereocenters. The Hall–Kier alpha value is -1.82. The van der Waals surface area contributed by atoms with E-state index in [-0.39, 0.29) is 5.91 Å². The van der Waals surface area contributed by atoms with Crippen LogP contribution < -0.4 is 0 Å². The molecule has 1 aromatic rings. The highest BCUT2D eigenvalue weighted by Gasteiger charge is 2.30. The Kier molecular flexibility index (Phi) is 7.26. The van der Waals surface area contributed by atoms with E-state index in [0.29, 0.717) is 24.2 Å². The lowest BCUT2D eigenvalue weighted by atomic mass is 10.0. The second-order valence-electron chi connectivity index (χ2n) is 6.78. The van der Waals surface area contributed by atoms with E-state index in [1.54, 1.807) is 6.92 Å². The first-order valence-corrected chi connectivity index (χ1v) is 9.18. The molecule has 1 aliphatic heterocycles. The molecule has 1 saturated heterocycles. The van der Waals surface area contributed by atoms with Gasteiger partial charge in [-0.3, -0.25) is 4.79 Å². The normalized spacial score (nSPS) is 16.1. The summed E-state index contributed by atoms with van der Waals surface area (Å²) >= 11 is 0. The zero-order valence-corrected chi connectivity index (χ0v) is 15.5. The highest BCUT2D eigenvalue weighted by Crippen LogP contribution is 2.30. The van der Waals surface area contributed by atoms with Crippen molar-refractivity contribution in [3.05, 3.63) is 41.5 Å². The Bertz CT molecular complexity index is 617. The molecule has 1 heterocycles. The first-order valence-electron chi connectivity index (χ1n) is 9.18. The van der Waals surface area contributed by atoms with Crippen LogP contribution in [0.3, 0.4) is 0 Å². The number of alkyl halides is 3. The lowest BCUT2D eigenvalue weighted by Crippen LogP contribution is -2.37. The summed E-state index contributed by atoms with van der Waals surface area (Å²) in [7, 11) is 0. The molecule has 26 heavy (non-hydrogen) atoms. The largest absolute Gasteiger partial charge is 0.416 e. The second-order valence-corrected chi connectivity index (χ2v) is 6.78. The van der Waals surface area contributed by atoms with Crippen molar-refractivity contribution in [1.82, 2.24) is 9.80 Å². The number of carbonyl (C=O) groups is 1. The van der Waals surface area contributed by atoms with E-state index < -0.39 is 11.7 Å². The fourth-order valence-corrected chi connectivity index (χ4v) is 3.15. The molecule has 1 aliphatic rings. The van der Waals surface area contributed by atoms with Crippen LogP contribution in [0, 0.1) is 0 Å². The van der Waals surface area contributed by atoms with Crippen LogP contribution in [0.2, 0.25) is 0 Å². The molecular formula is C20H27F3N2O. The van der Waals surface area contributed by atoms with Crippen LogP contribution in [0.25, 0.3) is 5.57 Å². The predicted molar refractivity (Wildman–Crippen MR) is 97.6 cm³/mol. The number of carbonyl (C=O) groups excluding carboxylic acids is 1. The quantitative estimate of drug-likeness (QED) is 0.664. The van der Waals surface area contributed by atoms with Crippen LogP contribution in [-0.4, -0.2) is 48.4 Å². The van der Waals surface area contributed by atoms with E-state index in [1.807, 2.05) is 11.8 Å². The molecule has 0 aliphatic carbocycles. The summed E-state index contributed by atoms with van der Waals surface area (Å²) in [5, 5.41) is 0. The SMILES string of the molecule is CCCN(CCN1CCCC1)C(=O)/C=C(\C)c1ccc(C(F)(F)F)cc1. The maximum absolute atomic E-state index is 12.7. The molecule has 2 rings (SSSR count). The number of nitrogens with zero attached hydrogens (tertiary/aromatic N) is 2. The third kappa shape index (κ3) is 5.87. The third-order valence-corrected chi connectivity index (χ3v) is 4.70. The lowest BCUT2D eigenvalue weighted by Gasteiger charge is -2.24. The fourth-order valence-electron chi connectivity index (χ4n) is 3.15. The zero-order valence-electron chi connectivity index (χ0n) is 15.5. The summed E-state index contributed by atoms with van der Waals surface area (Å²) in [4.78, 5) is 16.8. The number of allylic oxidation sites excluding steroid dienone is 1. The first kappa shape index (κ1) is 20.5. The van der Waals surface area contributed by atoms with Crippen LogP contribution in [0.4, 0.5) is 13.2 Å². The Morgan fingerprint density at radius 1 is 1.15 bits per heavy atom. The maximum Gasteiger partial charge on any atom is 0.416 e. The van der Waals surface area contributed by atoms with Gasteiger partial charge in [0.25, 0.3) is 0 Å². The monoisotopic (exact) mass is 368 g/mol. The van der Waals surface area contributed by atoms with Gasteiger partial charge < -0.3 is 9.80 Å². The van der Waals surface area contributed by atoms with Crippen molar-refractivity contribution >= 4 is 11.5 Å². The molecule has 6 heteroatoms. The minimum atomic E-state index is -4.35. The molecule has 0 saturated carbocycles. The molecule has 144 valence electrons. The molecule has 0 unspecified atom stereocenters. The summed E-state index contributed by atoms with van der Waals surface area (Å²) in [6, 6.07) is 4.93. The van der Waals surface area contributed by atoms with Crippen molar-refractivity contribution in [2.24, 2.45) is 0 Å². The van der Waals surface area contributed by atoms with Crippen LogP contribution in [0.5, 0.6) is 0 Å². The molecule has 0 N–H and O–H groups in total. The number of hydrogen-bond acceptors (Lipinski definition) is 2. The minimum Gasteiger partial charge on any atom is -0.338 e. The first-order chi connectivity index (χ1) is 12.3. The van der Waals surface area contributed by atoms with Gasteiger partial charge in [0, 0.05) is 25.7 Å². The lowest BCUT2D eigenvalue weighted by molar-refractivity contribution is -0.137. The van der Waals surface area contributed by atoms with Crippen LogP contribution in [-0.2, 0) is 11.0 Å². The van der Waals surface area contributed by atoms with Crippen LogP contribution >= 0.6 is 0 Å². The molecule has 3 nitrogen and oxygen atoms in total. The van der Waals surface area contributed by atoms with Gasteiger partial charge in [-0.05, 0) is 62.5 Å². The van der Waals surface area contributed by atoms with Crippen molar-refractivity contribution in [2.45, 2.75) is 39.3 Å². The van der Waals surface area contributed by atoms with E-state index >= 15 is 0 Å². The van der Waals surface area contributed by atoms with E-state index in [9.17, 15) is 18.0 Å². The van der Waals surface area contributed by atoms with Gasteiger partial charge in [-0.15, -0.1) is 0 Å². The molecule has 0 aromatic heterocycles. The average molecular weight is 368 g/mol. The van der Waals surface area contributed by atoms with E-state index in [1.165, 1.54) is 31.1 Å². The number of rotatable bonds is 7. The Morgan fingerprint density at radius 3 is 2.31 bits per heavy atom. The molecule has 0 radical (unpaired) electrons. The zero-order chi connectivity index (χ0) is 19.2. The van der Waals surface area contributed by atoms with Crippen molar-refractivity contribution in [2.75, 3.05) is 32.7 Å². The van der Waals surface area contributed by atoms with Gasteiger partial charge in [-0.25, -0.2) is 0 Å². The third-order valence-electron chi connectivity index (χ3n) is 4.70. The number of benzene rings is 1. The Labute approximate surface area is 153 Å². The van der Waals surface area contributed by atoms with Gasteiger partial charge in [-0.1, -0.05) is 19.1 Å². The van der Waals surface area contributed by atoms with E-state index in [4.69, 9.17) is 0 Å². The van der Waals surface area contributed by atoms with Gasteiger partial charge >= 0.3 is 6.18 Å². The highest BCUT2D eigenvalue weighted by atomic mass is 19.4. The molecule has 1 fully saturated rings. The second kappa shape index (κ2) is 9.21. The average Bonchev–Trinajstić information content (AvgIpc) is 3.11. The highest BCUT2D eigenvalue weighted by molar-refractivity contribution is 5.94. The minimum absolute atomic E-state index is 0.0801. The summed E-state index contributed by atoms with van der Waals surface area (Å²) in [6.45, 7) is 8.21. The number of hydrogen-bond donors (Lipinski definition) is 0. The van der Waals surface area contributed by atoms with Gasteiger partial charge in [0.15, 0.2) is 0 Å². The molecule has 1 aromatic carbocycles. The van der Waals surface area contributed by atoms with Crippen molar-refractivity contribution in [3.8, 4) is 0 Å². The number of halogens is 3. The summed E-state index contributed by atoms with van der Waals surface area (Å²) in [5.74, 6) is -0.0801.